The largest absolute Gasteiger partial charge is 0.369 e. The minimum absolute atomic E-state index is 0.0691. The molecule has 0 bridgehead atoms. The SMILES string of the molecule is CCN1C(=O)C[C@@H](CNc2nc(C)ccc2C#N)[C@@H]1c1nccn1C. The Morgan fingerprint density at radius 3 is 2.88 bits per heavy atom. The monoisotopic (exact) mass is 338 g/mol. The van der Waals surface area contributed by atoms with E-state index < -0.39 is 0 Å². The number of anilines is 1. The molecule has 2 atom stereocenters. The summed E-state index contributed by atoms with van der Waals surface area (Å²) >= 11 is 0. The third kappa shape index (κ3) is 3.20. The van der Waals surface area contributed by atoms with Gasteiger partial charge in [-0.15, -0.1) is 0 Å². The highest BCUT2D eigenvalue weighted by molar-refractivity contribution is 5.79. The second kappa shape index (κ2) is 6.93. The van der Waals surface area contributed by atoms with E-state index in [0.29, 0.717) is 30.9 Å². The maximum atomic E-state index is 12.4. The Hall–Kier alpha value is -2.88. The lowest BCUT2D eigenvalue weighted by molar-refractivity contribution is -0.128. The number of aryl methyl sites for hydroxylation is 2. The van der Waals surface area contributed by atoms with Crippen LogP contribution in [0.3, 0.4) is 0 Å². The van der Waals surface area contributed by atoms with Crippen molar-refractivity contribution in [3.05, 3.63) is 41.6 Å². The number of rotatable bonds is 5. The summed E-state index contributed by atoms with van der Waals surface area (Å²) in [6.07, 6.45) is 4.12. The molecule has 3 heterocycles. The molecule has 0 aromatic carbocycles. The first-order valence-electron chi connectivity index (χ1n) is 8.43. The Bertz CT molecular complexity index is 821. The van der Waals surface area contributed by atoms with Crippen molar-refractivity contribution in [2.45, 2.75) is 26.3 Å². The molecule has 1 fully saturated rings. The average molecular weight is 338 g/mol. The molecular formula is C18H22N6O. The Labute approximate surface area is 147 Å². The van der Waals surface area contributed by atoms with Gasteiger partial charge in [0, 0.05) is 50.6 Å². The fourth-order valence-corrected chi connectivity index (χ4v) is 3.44. The van der Waals surface area contributed by atoms with Crippen molar-refractivity contribution in [3.8, 4) is 6.07 Å². The molecule has 1 N–H and O–H groups in total. The zero-order valence-corrected chi connectivity index (χ0v) is 14.7. The summed E-state index contributed by atoms with van der Waals surface area (Å²) in [6.45, 7) is 5.09. The van der Waals surface area contributed by atoms with Gasteiger partial charge >= 0.3 is 0 Å². The van der Waals surface area contributed by atoms with Gasteiger partial charge in [-0.2, -0.15) is 5.26 Å². The first-order valence-corrected chi connectivity index (χ1v) is 8.43. The van der Waals surface area contributed by atoms with Crippen LogP contribution in [0.2, 0.25) is 0 Å². The zero-order valence-electron chi connectivity index (χ0n) is 14.7. The molecule has 7 heteroatoms. The van der Waals surface area contributed by atoms with Gasteiger partial charge in [0.1, 0.15) is 17.7 Å². The highest BCUT2D eigenvalue weighted by Gasteiger charge is 2.41. The summed E-state index contributed by atoms with van der Waals surface area (Å²) in [5.41, 5.74) is 1.36. The van der Waals surface area contributed by atoms with E-state index in [1.54, 1.807) is 12.3 Å². The Morgan fingerprint density at radius 2 is 2.24 bits per heavy atom. The molecule has 0 radical (unpaired) electrons. The first-order chi connectivity index (χ1) is 12.0. The van der Waals surface area contributed by atoms with Gasteiger partial charge in [0.25, 0.3) is 0 Å². The highest BCUT2D eigenvalue weighted by Crippen LogP contribution is 2.37. The second-order valence-corrected chi connectivity index (χ2v) is 6.33. The molecule has 1 aliphatic rings. The number of hydrogen-bond acceptors (Lipinski definition) is 5. The summed E-state index contributed by atoms with van der Waals surface area (Å²) in [5.74, 6) is 1.67. The lowest BCUT2D eigenvalue weighted by Crippen LogP contribution is -2.32. The molecular weight excluding hydrogens is 316 g/mol. The number of imidazole rings is 1. The van der Waals surface area contributed by atoms with E-state index >= 15 is 0 Å². The van der Waals surface area contributed by atoms with E-state index in [-0.39, 0.29) is 17.9 Å². The van der Waals surface area contributed by atoms with Crippen LogP contribution < -0.4 is 5.32 Å². The Kier molecular flexibility index (Phi) is 4.70. The molecule has 2 aromatic rings. The molecule has 0 aliphatic carbocycles. The predicted octanol–water partition coefficient (Wildman–Crippen LogP) is 2.02. The van der Waals surface area contributed by atoms with Crippen LogP contribution in [0.1, 0.15) is 36.5 Å². The summed E-state index contributed by atoms with van der Waals surface area (Å²) < 4.78 is 1.96. The number of hydrogen-bond donors (Lipinski definition) is 1. The van der Waals surface area contributed by atoms with Crippen molar-refractivity contribution in [1.82, 2.24) is 19.4 Å². The molecule has 0 unspecified atom stereocenters. The van der Waals surface area contributed by atoms with Crippen LogP contribution in [-0.4, -0.2) is 38.4 Å². The van der Waals surface area contributed by atoms with Crippen molar-refractivity contribution in [1.29, 1.82) is 5.26 Å². The third-order valence-corrected chi connectivity index (χ3v) is 4.69. The number of carbonyl (C=O) groups excluding carboxylic acids is 1. The molecule has 1 amide bonds. The predicted molar refractivity (Wildman–Crippen MR) is 93.6 cm³/mol. The van der Waals surface area contributed by atoms with Gasteiger partial charge in [-0.1, -0.05) is 0 Å². The van der Waals surface area contributed by atoms with E-state index in [1.807, 2.05) is 42.6 Å². The highest BCUT2D eigenvalue weighted by atomic mass is 16.2. The molecule has 1 saturated heterocycles. The zero-order chi connectivity index (χ0) is 18.0. The molecule has 1 aliphatic heterocycles. The number of aromatic nitrogens is 3. The van der Waals surface area contributed by atoms with Gasteiger partial charge in [-0.25, -0.2) is 9.97 Å². The Balaban J connectivity index is 1.84. The smallest absolute Gasteiger partial charge is 0.223 e. The normalized spacial score (nSPS) is 19.9. The first kappa shape index (κ1) is 17.0. The van der Waals surface area contributed by atoms with Gasteiger partial charge in [0.2, 0.25) is 5.91 Å². The van der Waals surface area contributed by atoms with Gasteiger partial charge in [-0.05, 0) is 26.0 Å². The van der Waals surface area contributed by atoms with Crippen LogP contribution in [0.4, 0.5) is 5.82 Å². The maximum absolute atomic E-state index is 12.4. The number of nitrogens with one attached hydrogen (secondary N) is 1. The fraction of sp³-hybridized carbons (Fsp3) is 0.444. The third-order valence-electron chi connectivity index (χ3n) is 4.69. The molecule has 0 spiro atoms. The molecule has 7 nitrogen and oxygen atoms in total. The standard InChI is InChI=1S/C18H22N6O/c1-4-24-15(25)9-14(16(24)18-20-7-8-23(18)3)11-21-17-13(10-19)6-5-12(2)22-17/h5-8,14,16H,4,9,11H2,1-3H3,(H,21,22)/t14-,16+/m0/s1. The minimum atomic E-state index is -0.0691. The topological polar surface area (TPSA) is 86.8 Å². The van der Waals surface area contributed by atoms with Crippen LogP contribution in [0.15, 0.2) is 24.5 Å². The van der Waals surface area contributed by atoms with Crippen molar-refractivity contribution in [2.24, 2.45) is 13.0 Å². The number of likely N-dealkylation sites (tertiary alicyclic amines) is 1. The van der Waals surface area contributed by atoms with Crippen LogP contribution in [0.5, 0.6) is 0 Å². The molecule has 2 aromatic heterocycles. The van der Waals surface area contributed by atoms with Crippen molar-refractivity contribution in [3.63, 3.8) is 0 Å². The molecule has 0 saturated carbocycles. The van der Waals surface area contributed by atoms with Crippen LogP contribution in [-0.2, 0) is 11.8 Å². The number of amides is 1. The van der Waals surface area contributed by atoms with Crippen molar-refractivity contribution < 1.29 is 4.79 Å². The van der Waals surface area contributed by atoms with E-state index in [2.05, 4.69) is 21.4 Å². The van der Waals surface area contributed by atoms with Gasteiger partial charge in [0.15, 0.2) is 0 Å². The molecule has 3 rings (SSSR count). The van der Waals surface area contributed by atoms with Crippen LogP contribution >= 0.6 is 0 Å². The van der Waals surface area contributed by atoms with Crippen molar-refractivity contribution in [2.75, 3.05) is 18.4 Å². The van der Waals surface area contributed by atoms with Crippen LogP contribution in [0.25, 0.3) is 0 Å². The summed E-state index contributed by atoms with van der Waals surface area (Å²) in [7, 11) is 1.94. The van der Waals surface area contributed by atoms with Gasteiger partial charge < -0.3 is 14.8 Å². The number of pyridine rings is 1. The quantitative estimate of drug-likeness (QED) is 0.901. The number of nitrogens with zero attached hydrogens (tertiary/aromatic N) is 5. The number of nitriles is 1. The second-order valence-electron chi connectivity index (χ2n) is 6.33. The van der Waals surface area contributed by atoms with Crippen molar-refractivity contribution >= 4 is 11.7 Å². The molecule has 25 heavy (non-hydrogen) atoms. The average Bonchev–Trinajstić information content (AvgIpc) is 3.15. The minimum Gasteiger partial charge on any atom is -0.369 e. The summed E-state index contributed by atoms with van der Waals surface area (Å²) in [6, 6.07) is 5.67. The Morgan fingerprint density at radius 1 is 1.44 bits per heavy atom. The van der Waals surface area contributed by atoms with Gasteiger partial charge in [-0.3, -0.25) is 4.79 Å². The van der Waals surface area contributed by atoms with E-state index in [9.17, 15) is 10.1 Å². The summed E-state index contributed by atoms with van der Waals surface area (Å²) in [4.78, 5) is 23.2. The number of carbonyl (C=O) groups is 1. The van der Waals surface area contributed by atoms with E-state index in [4.69, 9.17) is 0 Å². The van der Waals surface area contributed by atoms with E-state index in [0.717, 1.165) is 11.5 Å². The van der Waals surface area contributed by atoms with E-state index in [1.165, 1.54) is 0 Å². The molecule has 130 valence electrons. The van der Waals surface area contributed by atoms with Crippen LogP contribution in [0, 0.1) is 24.2 Å². The lowest BCUT2D eigenvalue weighted by Gasteiger charge is -2.27. The summed E-state index contributed by atoms with van der Waals surface area (Å²) in [5, 5.41) is 12.5. The maximum Gasteiger partial charge on any atom is 0.223 e. The van der Waals surface area contributed by atoms with Gasteiger partial charge in [0.05, 0.1) is 11.6 Å². The lowest BCUT2D eigenvalue weighted by atomic mass is 9.99. The fourth-order valence-electron chi connectivity index (χ4n) is 3.44.